The lowest BCUT2D eigenvalue weighted by atomic mass is 10.0. The van der Waals surface area contributed by atoms with Gasteiger partial charge in [0.1, 0.15) is 0 Å². The zero-order valence-corrected chi connectivity index (χ0v) is 8.27. The maximum Gasteiger partial charge on any atom is 0.0394 e. The quantitative estimate of drug-likeness (QED) is 0.684. The van der Waals surface area contributed by atoms with E-state index in [0.29, 0.717) is 0 Å². The largest absolute Gasteiger partial charge is 0.398 e. The normalized spacial score (nSPS) is 10.2. The van der Waals surface area contributed by atoms with E-state index in [0.717, 1.165) is 11.3 Å². The minimum Gasteiger partial charge on any atom is -0.398 e. The Balaban J connectivity index is 2.57. The standard InChI is InChI=1S/C11H11NS/c1-8-2-3-11(12)10(6-8)9-4-5-13-7-9/h2-7H,12H2,1H3. The Morgan fingerprint density at radius 1 is 1.23 bits per heavy atom. The first kappa shape index (κ1) is 8.32. The molecule has 1 aromatic carbocycles. The van der Waals surface area contributed by atoms with E-state index < -0.39 is 0 Å². The molecule has 0 unspecified atom stereocenters. The zero-order chi connectivity index (χ0) is 9.26. The lowest BCUT2D eigenvalue weighted by Gasteiger charge is -2.03. The van der Waals surface area contributed by atoms with E-state index in [9.17, 15) is 0 Å². The number of benzene rings is 1. The van der Waals surface area contributed by atoms with Crippen molar-refractivity contribution in [2.75, 3.05) is 5.73 Å². The van der Waals surface area contributed by atoms with Crippen molar-refractivity contribution < 1.29 is 0 Å². The van der Waals surface area contributed by atoms with E-state index >= 15 is 0 Å². The minimum absolute atomic E-state index is 0.851. The number of hydrogen-bond acceptors (Lipinski definition) is 2. The first-order chi connectivity index (χ1) is 6.27. The molecule has 2 aromatic rings. The second-order valence-electron chi connectivity index (χ2n) is 3.10. The summed E-state index contributed by atoms with van der Waals surface area (Å²) in [6.45, 7) is 2.08. The second-order valence-corrected chi connectivity index (χ2v) is 3.88. The van der Waals surface area contributed by atoms with Crippen molar-refractivity contribution >= 4 is 17.0 Å². The first-order valence-corrected chi connectivity index (χ1v) is 5.10. The zero-order valence-electron chi connectivity index (χ0n) is 7.45. The van der Waals surface area contributed by atoms with Crippen LogP contribution in [0.3, 0.4) is 0 Å². The molecule has 1 heterocycles. The van der Waals surface area contributed by atoms with Crippen molar-refractivity contribution in [3.63, 3.8) is 0 Å². The summed E-state index contributed by atoms with van der Waals surface area (Å²) in [5.41, 5.74) is 10.3. The average molecular weight is 189 g/mol. The molecule has 2 heteroatoms. The summed E-state index contributed by atoms with van der Waals surface area (Å²) in [6, 6.07) is 8.21. The van der Waals surface area contributed by atoms with Crippen LogP contribution in [0.15, 0.2) is 35.0 Å². The van der Waals surface area contributed by atoms with Crippen LogP contribution in [-0.4, -0.2) is 0 Å². The highest BCUT2D eigenvalue weighted by Gasteiger charge is 2.02. The molecule has 2 N–H and O–H groups in total. The molecule has 0 atom stereocenters. The highest BCUT2D eigenvalue weighted by molar-refractivity contribution is 7.08. The van der Waals surface area contributed by atoms with E-state index in [2.05, 4.69) is 29.8 Å². The summed E-state index contributed by atoms with van der Waals surface area (Å²) >= 11 is 1.69. The van der Waals surface area contributed by atoms with Gasteiger partial charge in [-0.25, -0.2) is 0 Å². The third-order valence-electron chi connectivity index (χ3n) is 2.04. The molecule has 0 bridgehead atoms. The third-order valence-corrected chi connectivity index (χ3v) is 2.72. The lowest BCUT2D eigenvalue weighted by Crippen LogP contribution is -1.89. The lowest BCUT2D eigenvalue weighted by molar-refractivity contribution is 1.47. The van der Waals surface area contributed by atoms with Gasteiger partial charge >= 0.3 is 0 Å². The number of thiophene rings is 1. The Morgan fingerprint density at radius 3 is 2.77 bits per heavy atom. The predicted molar refractivity (Wildman–Crippen MR) is 58.9 cm³/mol. The summed E-state index contributed by atoms with van der Waals surface area (Å²) in [7, 11) is 0. The van der Waals surface area contributed by atoms with Crippen molar-refractivity contribution in [3.8, 4) is 11.1 Å². The molecular formula is C11H11NS. The monoisotopic (exact) mass is 189 g/mol. The summed E-state index contributed by atoms with van der Waals surface area (Å²) in [5.74, 6) is 0. The number of hydrogen-bond donors (Lipinski definition) is 1. The first-order valence-electron chi connectivity index (χ1n) is 4.16. The molecule has 2 rings (SSSR count). The van der Waals surface area contributed by atoms with Crippen molar-refractivity contribution in [1.29, 1.82) is 0 Å². The Hall–Kier alpha value is -1.28. The van der Waals surface area contributed by atoms with Gasteiger partial charge in [-0.15, -0.1) is 0 Å². The Labute approximate surface area is 81.8 Å². The van der Waals surface area contributed by atoms with Gasteiger partial charge in [0.25, 0.3) is 0 Å². The summed E-state index contributed by atoms with van der Waals surface area (Å²) < 4.78 is 0. The topological polar surface area (TPSA) is 26.0 Å². The number of aryl methyl sites for hydroxylation is 1. The van der Waals surface area contributed by atoms with E-state index in [1.54, 1.807) is 11.3 Å². The molecule has 0 aliphatic rings. The van der Waals surface area contributed by atoms with Crippen LogP contribution in [0, 0.1) is 6.92 Å². The fraction of sp³-hybridized carbons (Fsp3) is 0.0909. The Morgan fingerprint density at radius 2 is 2.08 bits per heavy atom. The summed E-state index contributed by atoms with van der Waals surface area (Å²) in [5, 5.41) is 4.18. The number of anilines is 1. The van der Waals surface area contributed by atoms with E-state index in [1.165, 1.54) is 11.1 Å². The van der Waals surface area contributed by atoms with Gasteiger partial charge < -0.3 is 5.73 Å². The molecule has 0 saturated carbocycles. The molecule has 0 aliphatic heterocycles. The molecule has 0 radical (unpaired) electrons. The fourth-order valence-corrected chi connectivity index (χ4v) is 1.99. The molecule has 0 saturated heterocycles. The Bertz CT molecular complexity index is 404. The maximum absolute atomic E-state index is 5.89. The van der Waals surface area contributed by atoms with Crippen LogP contribution >= 0.6 is 11.3 Å². The van der Waals surface area contributed by atoms with Gasteiger partial charge in [0.2, 0.25) is 0 Å². The van der Waals surface area contributed by atoms with E-state index in [-0.39, 0.29) is 0 Å². The van der Waals surface area contributed by atoms with Gasteiger partial charge in [-0.3, -0.25) is 0 Å². The molecule has 0 aliphatic carbocycles. The van der Waals surface area contributed by atoms with Crippen LogP contribution < -0.4 is 5.73 Å². The second kappa shape index (κ2) is 3.23. The number of nitrogens with two attached hydrogens (primary N) is 1. The van der Waals surface area contributed by atoms with Crippen LogP contribution in [0.5, 0.6) is 0 Å². The van der Waals surface area contributed by atoms with Crippen LogP contribution in [0.4, 0.5) is 5.69 Å². The van der Waals surface area contributed by atoms with Crippen LogP contribution in [0.2, 0.25) is 0 Å². The van der Waals surface area contributed by atoms with Gasteiger partial charge in [-0.05, 0) is 41.4 Å². The average Bonchev–Trinajstić information content (AvgIpc) is 2.61. The molecule has 13 heavy (non-hydrogen) atoms. The van der Waals surface area contributed by atoms with Gasteiger partial charge in [-0.2, -0.15) is 11.3 Å². The van der Waals surface area contributed by atoms with Crippen LogP contribution in [0.1, 0.15) is 5.56 Å². The minimum atomic E-state index is 0.851. The molecule has 0 fully saturated rings. The Kier molecular flexibility index (Phi) is 2.07. The molecule has 1 nitrogen and oxygen atoms in total. The molecular weight excluding hydrogens is 178 g/mol. The molecule has 0 spiro atoms. The predicted octanol–water partition coefficient (Wildman–Crippen LogP) is 3.31. The van der Waals surface area contributed by atoms with Crippen molar-refractivity contribution in [1.82, 2.24) is 0 Å². The number of rotatable bonds is 1. The molecule has 66 valence electrons. The van der Waals surface area contributed by atoms with E-state index in [4.69, 9.17) is 5.73 Å². The third kappa shape index (κ3) is 1.58. The molecule has 0 amide bonds. The highest BCUT2D eigenvalue weighted by Crippen LogP contribution is 2.28. The fourth-order valence-electron chi connectivity index (χ4n) is 1.34. The van der Waals surface area contributed by atoms with Crippen LogP contribution in [-0.2, 0) is 0 Å². The number of nitrogen functional groups attached to an aromatic ring is 1. The van der Waals surface area contributed by atoms with Crippen molar-refractivity contribution in [2.45, 2.75) is 6.92 Å². The smallest absolute Gasteiger partial charge is 0.0394 e. The highest BCUT2D eigenvalue weighted by atomic mass is 32.1. The van der Waals surface area contributed by atoms with Gasteiger partial charge in [-0.1, -0.05) is 11.6 Å². The summed E-state index contributed by atoms with van der Waals surface area (Å²) in [4.78, 5) is 0. The molecule has 1 aromatic heterocycles. The van der Waals surface area contributed by atoms with Gasteiger partial charge in [0.05, 0.1) is 0 Å². The maximum atomic E-state index is 5.89. The van der Waals surface area contributed by atoms with E-state index in [1.807, 2.05) is 12.1 Å². The summed E-state index contributed by atoms with van der Waals surface area (Å²) in [6.07, 6.45) is 0. The van der Waals surface area contributed by atoms with Crippen molar-refractivity contribution in [2.24, 2.45) is 0 Å². The van der Waals surface area contributed by atoms with Gasteiger partial charge in [0, 0.05) is 11.3 Å². The van der Waals surface area contributed by atoms with Crippen molar-refractivity contribution in [3.05, 3.63) is 40.6 Å². The SMILES string of the molecule is Cc1ccc(N)c(-c2ccsc2)c1. The van der Waals surface area contributed by atoms with Crippen LogP contribution in [0.25, 0.3) is 11.1 Å². The van der Waals surface area contributed by atoms with Gasteiger partial charge in [0.15, 0.2) is 0 Å².